The summed E-state index contributed by atoms with van der Waals surface area (Å²) in [7, 11) is 0. The van der Waals surface area contributed by atoms with E-state index in [0.717, 1.165) is 25.7 Å². The number of furan rings is 1. The average Bonchev–Trinajstić information content (AvgIpc) is 3.21. The SMILES string of the molecule is C[C@@H](CCc1ccccc1)NC(=O)[C@@H]1CCCN(C(=O)c2ccoc2)C1. The first-order chi connectivity index (χ1) is 12.6. The van der Waals surface area contributed by atoms with Crippen LogP contribution in [0.25, 0.3) is 0 Å². The number of amides is 2. The lowest BCUT2D eigenvalue weighted by Crippen LogP contribution is -2.47. The van der Waals surface area contributed by atoms with Gasteiger partial charge in [0.25, 0.3) is 5.91 Å². The molecule has 1 aromatic carbocycles. The van der Waals surface area contributed by atoms with Crippen molar-refractivity contribution >= 4 is 11.8 Å². The number of hydrogen-bond donors (Lipinski definition) is 1. The molecule has 2 atom stereocenters. The van der Waals surface area contributed by atoms with Crippen LogP contribution in [0.4, 0.5) is 0 Å². The third-order valence-electron chi connectivity index (χ3n) is 4.95. The molecule has 1 N–H and O–H groups in total. The van der Waals surface area contributed by atoms with E-state index in [1.807, 2.05) is 25.1 Å². The van der Waals surface area contributed by atoms with Crippen molar-refractivity contribution in [1.82, 2.24) is 10.2 Å². The minimum absolute atomic E-state index is 0.0512. The van der Waals surface area contributed by atoms with Crippen LogP contribution in [0.15, 0.2) is 53.3 Å². The van der Waals surface area contributed by atoms with Gasteiger partial charge in [-0.2, -0.15) is 0 Å². The molecule has 0 aliphatic carbocycles. The molecule has 0 unspecified atom stereocenters. The zero-order chi connectivity index (χ0) is 18.4. The van der Waals surface area contributed by atoms with Crippen molar-refractivity contribution in [2.75, 3.05) is 13.1 Å². The van der Waals surface area contributed by atoms with Crippen molar-refractivity contribution in [3.8, 4) is 0 Å². The van der Waals surface area contributed by atoms with E-state index in [1.54, 1.807) is 11.0 Å². The lowest BCUT2D eigenvalue weighted by molar-refractivity contribution is -0.127. The third-order valence-corrected chi connectivity index (χ3v) is 4.95. The molecule has 0 saturated carbocycles. The van der Waals surface area contributed by atoms with Crippen LogP contribution in [0.3, 0.4) is 0 Å². The predicted octanol–water partition coefficient (Wildman–Crippen LogP) is 3.27. The topological polar surface area (TPSA) is 62.6 Å². The highest BCUT2D eigenvalue weighted by atomic mass is 16.3. The van der Waals surface area contributed by atoms with Crippen molar-refractivity contribution in [2.45, 2.75) is 38.6 Å². The molecule has 0 spiro atoms. The summed E-state index contributed by atoms with van der Waals surface area (Å²) in [6.45, 7) is 3.21. The van der Waals surface area contributed by atoms with E-state index in [-0.39, 0.29) is 23.8 Å². The van der Waals surface area contributed by atoms with Gasteiger partial charge in [-0.05, 0) is 44.2 Å². The first-order valence-corrected chi connectivity index (χ1v) is 9.29. The molecule has 138 valence electrons. The van der Waals surface area contributed by atoms with Gasteiger partial charge in [0.2, 0.25) is 5.91 Å². The van der Waals surface area contributed by atoms with Gasteiger partial charge in [-0.1, -0.05) is 30.3 Å². The number of nitrogens with one attached hydrogen (secondary N) is 1. The fraction of sp³-hybridized carbons (Fsp3) is 0.429. The van der Waals surface area contributed by atoms with Gasteiger partial charge < -0.3 is 14.6 Å². The van der Waals surface area contributed by atoms with Gasteiger partial charge in [-0.3, -0.25) is 9.59 Å². The molecular formula is C21H26N2O3. The molecule has 3 rings (SSSR count). The summed E-state index contributed by atoms with van der Waals surface area (Å²) in [6, 6.07) is 12.1. The average molecular weight is 354 g/mol. The molecule has 2 aromatic rings. The minimum atomic E-state index is -0.140. The lowest BCUT2D eigenvalue weighted by atomic mass is 9.96. The van der Waals surface area contributed by atoms with Crippen LogP contribution >= 0.6 is 0 Å². The smallest absolute Gasteiger partial charge is 0.257 e. The molecule has 5 heteroatoms. The number of hydrogen-bond acceptors (Lipinski definition) is 3. The summed E-state index contributed by atoms with van der Waals surface area (Å²) < 4.78 is 4.99. The minimum Gasteiger partial charge on any atom is -0.472 e. The molecule has 1 saturated heterocycles. The first-order valence-electron chi connectivity index (χ1n) is 9.29. The molecule has 26 heavy (non-hydrogen) atoms. The molecule has 0 bridgehead atoms. The molecule has 0 radical (unpaired) electrons. The first kappa shape index (κ1) is 18.2. The summed E-state index contributed by atoms with van der Waals surface area (Å²) in [6.07, 6.45) is 6.47. The Bertz CT molecular complexity index is 712. The van der Waals surface area contributed by atoms with E-state index in [0.29, 0.717) is 18.7 Å². The second kappa shape index (κ2) is 8.70. The third kappa shape index (κ3) is 4.75. The number of carbonyl (C=O) groups excluding carboxylic acids is 2. The van der Waals surface area contributed by atoms with Crippen molar-refractivity contribution in [3.63, 3.8) is 0 Å². The molecule has 5 nitrogen and oxygen atoms in total. The molecule has 2 heterocycles. The predicted molar refractivity (Wildman–Crippen MR) is 99.7 cm³/mol. The highest BCUT2D eigenvalue weighted by molar-refractivity contribution is 5.94. The Balaban J connectivity index is 1.48. The number of rotatable bonds is 6. The molecule has 1 aliphatic heterocycles. The van der Waals surface area contributed by atoms with Crippen LogP contribution in [-0.2, 0) is 11.2 Å². The number of benzene rings is 1. The van der Waals surface area contributed by atoms with Gasteiger partial charge in [0.05, 0.1) is 17.7 Å². The maximum atomic E-state index is 12.6. The highest BCUT2D eigenvalue weighted by Crippen LogP contribution is 2.19. The van der Waals surface area contributed by atoms with Crippen LogP contribution in [0, 0.1) is 5.92 Å². The van der Waals surface area contributed by atoms with E-state index in [4.69, 9.17) is 4.42 Å². The number of likely N-dealkylation sites (tertiary alicyclic amines) is 1. The fourth-order valence-corrected chi connectivity index (χ4v) is 3.41. The molecule has 2 amide bonds. The van der Waals surface area contributed by atoms with Gasteiger partial charge >= 0.3 is 0 Å². The summed E-state index contributed by atoms with van der Waals surface area (Å²) in [5, 5.41) is 3.12. The van der Waals surface area contributed by atoms with Crippen LogP contribution in [-0.4, -0.2) is 35.8 Å². The summed E-state index contributed by atoms with van der Waals surface area (Å²) >= 11 is 0. The number of nitrogens with zero attached hydrogens (tertiary/aromatic N) is 1. The standard InChI is InChI=1S/C21H26N2O3/c1-16(9-10-17-6-3-2-4-7-17)22-20(24)18-8-5-12-23(14-18)21(25)19-11-13-26-15-19/h2-4,6-7,11,13,15-16,18H,5,8-10,12,14H2,1H3,(H,22,24)/t16-,18+/m0/s1. The van der Waals surface area contributed by atoms with Gasteiger partial charge in [0, 0.05) is 19.1 Å². The molecule has 1 aliphatic rings. The van der Waals surface area contributed by atoms with Crippen molar-refractivity contribution in [3.05, 3.63) is 60.1 Å². The van der Waals surface area contributed by atoms with Gasteiger partial charge in [0.15, 0.2) is 0 Å². The molecule has 1 fully saturated rings. The van der Waals surface area contributed by atoms with E-state index >= 15 is 0 Å². The maximum absolute atomic E-state index is 12.6. The van der Waals surface area contributed by atoms with Crippen molar-refractivity contribution in [2.24, 2.45) is 5.92 Å². The number of piperidine rings is 1. The molecule has 1 aromatic heterocycles. The molecular weight excluding hydrogens is 328 g/mol. The Morgan fingerprint density at radius 3 is 2.81 bits per heavy atom. The van der Waals surface area contributed by atoms with E-state index < -0.39 is 0 Å². The summed E-state index contributed by atoms with van der Waals surface area (Å²) in [5.41, 5.74) is 1.82. The Labute approximate surface area is 154 Å². The fourth-order valence-electron chi connectivity index (χ4n) is 3.41. The van der Waals surface area contributed by atoms with Gasteiger partial charge in [-0.25, -0.2) is 0 Å². The van der Waals surface area contributed by atoms with Gasteiger partial charge in [-0.15, -0.1) is 0 Å². The summed E-state index contributed by atoms with van der Waals surface area (Å²) in [4.78, 5) is 26.8. The normalized spacial score (nSPS) is 18.3. The van der Waals surface area contributed by atoms with Crippen LogP contribution < -0.4 is 5.32 Å². The van der Waals surface area contributed by atoms with E-state index in [2.05, 4.69) is 17.4 Å². The van der Waals surface area contributed by atoms with Crippen LogP contribution in [0.5, 0.6) is 0 Å². The van der Waals surface area contributed by atoms with E-state index in [9.17, 15) is 9.59 Å². The number of carbonyl (C=O) groups is 2. The highest BCUT2D eigenvalue weighted by Gasteiger charge is 2.29. The Morgan fingerprint density at radius 2 is 2.08 bits per heavy atom. The quantitative estimate of drug-likeness (QED) is 0.866. The maximum Gasteiger partial charge on any atom is 0.257 e. The zero-order valence-corrected chi connectivity index (χ0v) is 15.2. The van der Waals surface area contributed by atoms with Gasteiger partial charge in [0.1, 0.15) is 6.26 Å². The van der Waals surface area contributed by atoms with Crippen molar-refractivity contribution in [1.29, 1.82) is 0 Å². The van der Waals surface area contributed by atoms with E-state index in [1.165, 1.54) is 18.1 Å². The number of aryl methyl sites for hydroxylation is 1. The zero-order valence-electron chi connectivity index (χ0n) is 15.2. The Kier molecular flexibility index (Phi) is 6.10. The van der Waals surface area contributed by atoms with Crippen LogP contribution in [0.2, 0.25) is 0 Å². The Hall–Kier alpha value is -2.56. The van der Waals surface area contributed by atoms with Crippen molar-refractivity contribution < 1.29 is 14.0 Å². The second-order valence-corrected chi connectivity index (χ2v) is 7.04. The summed E-state index contributed by atoms with van der Waals surface area (Å²) in [5.74, 6) is -0.151. The largest absolute Gasteiger partial charge is 0.472 e. The second-order valence-electron chi connectivity index (χ2n) is 7.04. The Morgan fingerprint density at radius 1 is 1.27 bits per heavy atom. The van der Waals surface area contributed by atoms with Crippen LogP contribution in [0.1, 0.15) is 42.1 Å². The lowest BCUT2D eigenvalue weighted by Gasteiger charge is -2.32. The monoisotopic (exact) mass is 354 g/mol.